The third-order valence-corrected chi connectivity index (χ3v) is 7.32. The Morgan fingerprint density at radius 3 is 2.02 bits per heavy atom. The summed E-state index contributed by atoms with van der Waals surface area (Å²) < 4.78 is 10.9. The standard InChI is InChI=1S/C32H37N5O4/c38-31(37-18-20-40-21-19-37)25-41-30-12-8-26(9-13-30)22-33-34-32(39)29-10-6-28(7-11-29)24-36-16-14-35(15-17-36)23-27-4-2-1-3-5-27/h1-13,22H,14-21,23-25H2,(H,34,39)/b33-22-. The summed E-state index contributed by atoms with van der Waals surface area (Å²) in [6.07, 6.45) is 1.58. The molecule has 9 heteroatoms. The van der Waals surface area contributed by atoms with Crippen molar-refractivity contribution in [3.8, 4) is 5.75 Å². The Morgan fingerprint density at radius 1 is 0.780 bits per heavy atom. The molecule has 2 fully saturated rings. The zero-order chi connectivity index (χ0) is 28.3. The van der Waals surface area contributed by atoms with E-state index < -0.39 is 0 Å². The fraction of sp³-hybridized carbons (Fsp3) is 0.344. The second-order valence-corrected chi connectivity index (χ2v) is 10.3. The topological polar surface area (TPSA) is 86.7 Å². The number of amides is 2. The Kier molecular flexibility index (Phi) is 10.1. The number of rotatable bonds is 10. The summed E-state index contributed by atoms with van der Waals surface area (Å²) in [5, 5.41) is 4.09. The second-order valence-electron chi connectivity index (χ2n) is 10.3. The highest BCUT2D eigenvalue weighted by Crippen LogP contribution is 2.14. The van der Waals surface area contributed by atoms with Crippen molar-refractivity contribution in [2.45, 2.75) is 13.1 Å². The Labute approximate surface area is 241 Å². The number of ether oxygens (including phenoxy) is 2. The van der Waals surface area contributed by atoms with Gasteiger partial charge in [0.05, 0.1) is 19.4 Å². The number of carbonyl (C=O) groups is 2. The first-order valence-electron chi connectivity index (χ1n) is 14.1. The fourth-order valence-electron chi connectivity index (χ4n) is 4.90. The smallest absolute Gasteiger partial charge is 0.271 e. The molecule has 5 rings (SSSR count). The molecule has 2 aliphatic heterocycles. The van der Waals surface area contributed by atoms with Crippen molar-refractivity contribution in [3.63, 3.8) is 0 Å². The SMILES string of the molecule is O=C(N/N=C\c1ccc(OCC(=O)N2CCOCC2)cc1)c1ccc(CN2CCN(Cc3ccccc3)CC2)cc1. The first-order chi connectivity index (χ1) is 20.1. The largest absolute Gasteiger partial charge is 0.484 e. The molecule has 0 spiro atoms. The normalized spacial score (nSPS) is 16.5. The average Bonchev–Trinajstić information content (AvgIpc) is 3.03. The molecule has 2 heterocycles. The number of hydrazone groups is 1. The maximum Gasteiger partial charge on any atom is 0.271 e. The van der Waals surface area contributed by atoms with Crippen LogP contribution in [0.3, 0.4) is 0 Å². The third kappa shape index (κ3) is 8.72. The number of hydrogen-bond donors (Lipinski definition) is 1. The van der Waals surface area contributed by atoms with Gasteiger partial charge in [0.1, 0.15) is 5.75 Å². The number of hydrogen-bond acceptors (Lipinski definition) is 7. The minimum atomic E-state index is -0.260. The van der Waals surface area contributed by atoms with Gasteiger partial charge in [0.2, 0.25) is 0 Å². The Bertz CT molecular complexity index is 1280. The average molecular weight is 556 g/mol. The van der Waals surface area contributed by atoms with Gasteiger partial charge in [-0.15, -0.1) is 0 Å². The monoisotopic (exact) mass is 555 g/mol. The molecule has 0 radical (unpaired) electrons. The van der Waals surface area contributed by atoms with Crippen LogP contribution in [0.2, 0.25) is 0 Å². The minimum absolute atomic E-state index is 0.00628. The lowest BCUT2D eigenvalue weighted by molar-refractivity contribution is -0.137. The molecule has 2 saturated heterocycles. The fourth-order valence-corrected chi connectivity index (χ4v) is 4.90. The van der Waals surface area contributed by atoms with Crippen LogP contribution in [0.4, 0.5) is 0 Å². The maximum atomic E-state index is 12.6. The van der Waals surface area contributed by atoms with Gasteiger partial charge in [-0.3, -0.25) is 19.4 Å². The van der Waals surface area contributed by atoms with Crippen LogP contribution in [0.1, 0.15) is 27.0 Å². The summed E-state index contributed by atoms with van der Waals surface area (Å²) >= 11 is 0. The van der Waals surface area contributed by atoms with Crippen LogP contribution in [0.15, 0.2) is 84.0 Å². The van der Waals surface area contributed by atoms with Crippen LogP contribution in [0.25, 0.3) is 0 Å². The van der Waals surface area contributed by atoms with Gasteiger partial charge in [-0.25, -0.2) is 5.43 Å². The van der Waals surface area contributed by atoms with E-state index in [0.29, 0.717) is 37.6 Å². The summed E-state index contributed by atoms with van der Waals surface area (Å²) in [6, 6.07) is 25.5. The van der Waals surface area contributed by atoms with Gasteiger partial charge >= 0.3 is 0 Å². The molecule has 214 valence electrons. The van der Waals surface area contributed by atoms with Crippen molar-refractivity contribution >= 4 is 18.0 Å². The molecular weight excluding hydrogens is 518 g/mol. The predicted octanol–water partition coefficient (Wildman–Crippen LogP) is 3.01. The lowest BCUT2D eigenvalue weighted by atomic mass is 10.1. The van der Waals surface area contributed by atoms with Gasteiger partial charge in [-0.05, 0) is 53.1 Å². The molecule has 3 aromatic carbocycles. The molecule has 41 heavy (non-hydrogen) atoms. The molecule has 3 aromatic rings. The first kappa shape index (κ1) is 28.5. The van der Waals surface area contributed by atoms with Crippen LogP contribution >= 0.6 is 0 Å². The molecule has 0 unspecified atom stereocenters. The Balaban J connectivity index is 1.01. The van der Waals surface area contributed by atoms with E-state index in [1.807, 2.05) is 36.4 Å². The summed E-state index contributed by atoms with van der Waals surface area (Å²) in [5.74, 6) is 0.290. The van der Waals surface area contributed by atoms with Crippen molar-refractivity contribution in [2.24, 2.45) is 5.10 Å². The molecule has 0 aliphatic carbocycles. The summed E-state index contributed by atoms with van der Waals surface area (Å²) in [4.78, 5) is 31.5. The first-order valence-corrected chi connectivity index (χ1v) is 14.1. The molecule has 2 aliphatic rings. The Morgan fingerprint density at radius 2 is 1.39 bits per heavy atom. The van der Waals surface area contributed by atoms with Crippen LogP contribution < -0.4 is 10.2 Å². The predicted molar refractivity (Wildman–Crippen MR) is 158 cm³/mol. The number of benzene rings is 3. The van der Waals surface area contributed by atoms with E-state index in [4.69, 9.17) is 9.47 Å². The van der Waals surface area contributed by atoms with Crippen LogP contribution in [0, 0.1) is 0 Å². The van der Waals surface area contributed by atoms with Gasteiger partial charge in [-0.2, -0.15) is 5.10 Å². The quantitative estimate of drug-likeness (QED) is 0.306. The molecule has 0 saturated carbocycles. The lowest BCUT2D eigenvalue weighted by Crippen LogP contribution is -2.45. The van der Waals surface area contributed by atoms with Crippen molar-refractivity contribution in [1.82, 2.24) is 20.1 Å². The molecule has 0 bridgehead atoms. The molecule has 0 aromatic heterocycles. The van der Waals surface area contributed by atoms with Crippen molar-refractivity contribution in [2.75, 3.05) is 59.1 Å². The molecule has 2 amide bonds. The summed E-state index contributed by atoms with van der Waals surface area (Å²) in [5.41, 5.74) is 6.50. The highest BCUT2D eigenvalue weighted by Gasteiger charge is 2.18. The molecular formula is C32H37N5O4. The van der Waals surface area contributed by atoms with Crippen LogP contribution in [0.5, 0.6) is 5.75 Å². The van der Waals surface area contributed by atoms with Crippen LogP contribution in [-0.4, -0.2) is 91.8 Å². The van der Waals surface area contributed by atoms with Gasteiger partial charge in [0.25, 0.3) is 11.8 Å². The van der Waals surface area contributed by atoms with Gasteiger partial charge in [0.15, 0.2) is 6.61 Å². The van der Waals surface area contributed by atoms with Crippen molar-refractivity contribution < 1.29 is 19.1 Å². The summed E-state index contributed by atoms with van der Waals surface area (Å²) in [6.45, 7) is 8.36. The Hall–Kier alpha value is -4.05. The van der Waals surface area contributed by atoms with Gasteiger partial charge in [-0.1, -0.05) is 42.5 Å². The van der Waals surface area contributed by atoms with E-state index in [9.17, 15) is 9.59 Å². The van der Waals surface area contributed by atoms with E-state index in [0.717, 1.165) is 44.8 Å². The summed E-state index contributed by atoms with van der Waals surface area (Å²) in [7, 11) is 0. The number of nitrogens with zero attached hydrogens (tertiary/aromatic N) is 4. The highest BCUT2D eigenvalue weighted by molar-refractivity contribution is 5.94. The van der Waals surface area contributed by atoms with E-state index >= 15 is 0 Å². The zero-order valence-electron chi connectivity index (χ0n) is 23.3. The molecule has 9 nitrogen and oxygen atoms in total. The minimum Gasteiger partial charge on any atom is -0.484 e. The lowest BCUT2D eigenvalue weighted by Gasteiger charge is -2.34. The zero-order valence-corrected chi connectivity index (χ0v) is 23.3. The molecule has 0 atom stereocenters. The number of nitrogens with one attached hydrogen (secondary N) is 1. The second kappa shape index (κ2) is 14.5. The number of morpholine rings is 1. The number of carbonyl (C=O) groups excluding carboxylic acids is 2. The van der Waals surface area contributed by atoms with E-state index in [1.165, 1.54) is 11.1 Å². The van der Waals surface area contributed by atoms with Crippen LogP contribution in [-0.2, 0) is 22.6 Å². The van der Waals surface area contributed by atoms with Crippen molar-refractivity contribution in [1.29, 1.82) is 0 Å². The number of piperazine rings is 1. The van der Waals surface area contributed by atoms with E-state index in [1.54, 1.807) is 23.2 Å². The molecule has 1 N–H and O–H groups in total. The third-order valence-electron chi connectivity index (χ3n) is 7.32. The van der Waals surface area contributed by atoms with E-state index in [2.05, 4.69) is 50.7 Å². The highest BCUT2D eigenvalue weighted by atomic mass is 16.5. The maximum absolute atomic E-state index is 12.6. The van der Waals surface area contributed by atoms with Gasteiger partial charge in [0, 0.05) is 57.9 Å². The van der Waals surface area contributed by atoms with E-state index in [-0.39, 0.29) is 18.4 Å². The van der Waals surface area contributed by atoms with Crippen molar-refractivity contribution in [3.05, 3.63) is 101 Å². The van der Waals surface area contributed by atoms with Gasteiger partial charge < -0.3 is 14.4 Å².